The highest BCUT2D eigenvalue weighted by molar-refractivity contribution is 5.78. The molecule has 7 heteroatoms. The first-order valence-corrected chi connectivity index (χ1v) is 5.68. The van der Waals surface area contributed by atoms with Gasteiger partial charge in [0.05, 0.1) is 5.69 Å². The number of ether oxygens (including phenoxy) is 2. The third-order valence-corrected chi connectivity index (χ3v) is 2.95. The van der Waals surface area contributed by atoms with Gasteiger partial charge in [-0.2, -0.15) is 5.10 Å². The van der Waals surface area contributed by atoms with E-state index in [0.29, 0.717) is 11.3 Å². The van der Waals surface area contributed by atoms with Gasteiger partial charge in [0.25, 0.3) is 0 Å². The summed E-state index contributed by atoms with van der Waals surface area (Å²) in [4.78, 5) is 0. The molecule has 0 saturated heterocycles. The largest absolute Gasteiger partial charge is 0.483 e. The number of halogens is 2. The van der Waals surface area contributed by atoms with E-state index in [0.717, 1.165) is 6.07 Å². The molecule has 3 rings (SSSR count). The van der Waals surface area contributed by atoms with E-state index in [1.165, 1.54) is 0 Å². The summed E-state index contributed by atoms with van der Waals surface area (Å²) in [6.07, 6.45) is 0. The third kappa shape index (κ3) is 1.69. The third-order valence-electron chi connectivity index (χ3n) is 2.95. The Kier molecular flexibility index (Phi) is 2.55. The Morgan fingerprint density at radius 1 is 1.26 bits per heavy atom. The van der Waals surface area contributed by atoms with Crippen LogP contribution in [-0.2, 0) is 0 Å². The number of hydrogen-bond donors (Lipinski definition) is 2. The van der Waals surface area contributed by atoms with Crippen LogP contribution in [0.2, 0.25) is 0 Å². The van der Waals surface area contributed by atoms with E-state index in [2.05, 4.69) is 10.2 Å². The lowest BCUT2D eigenvalue weighted by Gasteiger charge is -2.20. The van der Waals surface area contributed by atoms with E-state index < -0.39 is 11.6 Å². The molecule has 19 heavy (non-hydrogen) atoms. The average molecular weight is 267 g/mol. The predicted octanol–water partition coefficient (Wildman–Crippen LogP) is 2.02. The molecule has 1 aliphatic heterocycles. The second-order valence-corrected chi connectivity index (χ2v) is 4.17. The molecule has 0 atom stereocenters. The zero-order valence-corrected chi connectivity index (χ0v) is 10.1. The van der Waals surface area contributed by atoms with Crippen molar-refractivity contribution < 1.29 is 18.3 Å². The molecular weight excluding hydrogens is 256 g/mol. The van der Waals surface area contributed by atoms with Crippen molar-refractivity contribution in [2.24, 2.45) is 0 Å². The summed E-state index contributed by atoms with van der Waals surface area (Å²) in [6, 6.07) is 1.04. The average Bonchev–Trinajstić information content (AvgIpc) is 2.74. The number of anilines is 1. The normalized spacial score (nSPS) is 13.6. The van der Waals surface area contributed by atoms with Gasteiger partial charge >= 0.3 is 0 Å². The van der Waals surface area contributed by atoms with E-state index in [1.807, 2.05) is 0 Å². The van der Waals surface area contributed by atoms with Crippen molar-refractivity contribution in [1.82, 2.24) is 10.2 Å². The minimum absolute atomic E-state index is 0.00509. The number of nitrogens with one attached hydrogen (secondary N) is 1. The van der Waals surface area contributed by atoms with Gasteiger partial charge in [0.15, 0.2) is 17.4 Å². The number of fused-ring (bicyclic) bond motifs is 1. The molecule has 0 spiro atoms. The Hall–Kier alpha value is -2.31. The van der Waals surface area contributed by atoms with Crippen molar-refractivity contribution in [1.29, 1.82) is 0 Å². The van der Waals surface area contributed by atoms with Gasteiger partial charge in [-0.25, -0.2) is 8.78 Å². The molecule has 2 aromatic rings. The fraction of sp³-hybridized carbons (Fsp3) is 0.250. The van der Waals surface area contributed by atoms with Gasteiger partial charge in [0.1, 0.15) is 19.0 Å². The van der Waals surface area contributed by atoms with Crippen LogP contribution in [0.5, 0.6) is 11.5 Å². The van der Waals surface area contributed by atoms with Gasteiger partial charge in [0, 0.05) is 11.1 Å². The van der Waals surface area contributed by atoms with Gasteiger partial charge in [-0.1, -0.05) is 0 Å². The lowest BCUT2D eigenvalue weighted by molar-refractivity contribution is 0.157. The Bertz CT molecular complexity index is 635. The number of aromatic nitrogens is 2. The summed E-state index contributed by atoms with van der Waals surface area (Å²) in [5.74, 6) is -1.64. The fourth-order valence-corrected chi connectivity index (χ4v) is 2.11. The van der Waals surface area contributed by atoms with E-state index in [-0.39, 0.29) is 36.1 Å². The van der Waals surface area contributed by atoms with Crippen LogP contribution >= 0.6 is 0 Å². The lowest BCUT2D eigenvalue weighted by atomic mass is 10.0. The molecule has 0 aliphatic carbocycles. The first-order chi connectivity index (χ1) is 9.09. The standard InChI is InChI=1S/C12H11F2N3O2/c1-5-8(12(15)17-16-5)6-4-7(13)10-11(9(6)14)19-3-2-18-10/h4H,2-3H2,1H3,(H3,15,16,17). The zero-order valence-electron chi connectivity index (χ0n) is 10.1. The van der Waals surface area contributed by atoms with Crippen LogP contribution < -0.4 is 15.2 Å². The maximum atomic E-state index is 14.4. The predicted molar refractivity (Wildman–Crippen MR) is 64.1 cm³/mol. The molecule has 0 amide bonds. The highest BCUT2D eigenvalue weighted by Crippen LogP contribution is 2.42. The summed E-state index contributed by atoms with van der Waals surface area (Å²) < 4.78 is 38.5. The highest BCUT2D eigenvalue weighted by atomic mass is 19.1. The van der Waals surface area contributed by atoms with Gasteiger partial charge in [0.2, 0.25) is 5.75 Å². The van der Waals surface area contributed by atoms with Crippen LogP contribution in [0.4, 0.5) is 14.6 Å². The number of hydrogen-bond acceptors (Lipinski definition) is 4. The van der Waals surface area contributed by atoms with Crippen LogP contribution in [0, 0.1) is 18.6 Å². The molecule has 1 aliphatic rings. The minimum atomic E-state index is -0.702. The quantitative estimate of drug-likeness (QED) is 0.829. The molecule has 1 aromatic heterocycles. The maximum absolute atomic E-state index is 14.4. The van der Waals surface area contributed by atoms with Crippen molar-refractivity contribution in [2.45, 2.75) is 6.92 Å². The highest BCUT2D eigenvalue weighted by Gasteiger charge is 2.27. The van der Waals surface area contributed by atoms with Crippen molar-refractivity contribution in [3.63, 3.8) is 0 Å². The van der Waals surface area contributed by atoms with Crippen LogP contribution in [0.1, 0.15) is 5.69 Å². The van der Waals surface area contributed by atoms with Crippen molar-refractivity contribution in [3.05, 3.63) is 23.4 Å². The van der Waals surface area contributed by atoms with Gasteiger partial charge < -0.3 is 15.2 Å². The Labute approximate surface area is 107 Å². The molecule has 3 N–H and O–H groups in total. The topological polar surface area (TPSA) is 73.2 Å². The summed E-state index contributed by atoms with van der Waals surface area (Å²) >= 11 is 0. The van der Waals surface area contributed by atoms with Gasteiger partial charge in [-0.05, 0) is 13.0 Å². The summed E-state index contributed by atoms with van der Waals surface area (Å²) in [6.45, 7) is 2.01. The van der Waals surface area contributed by atoms with Gasteiger partial charge in [-0.3, -0.25) is 5.10 Å². The first kappa shape index (κ1) is 11.8. The zero-order chi connectivity index (χ0) is 13.6. The number of aryl methyl sites for hydroxylation is 1. The molecule has 0 fully saturated rings. The monoisotopic (exact) mass is 267 g/mol. The molecular formula is C12H11F2N3O2. The number of nitrogen functional groups attached to an aromatic ring is 1. The molecule has 0 saturated carbocycles. The first-order valence-electron chi connectivity index (χ1n) is 5.68. The number of rotatable bonds is 1. The number of H-pyrrole nitrogens is 1. The molecule has 2 heterocycles. The van der Waals surface area contributed by atoms with Crippen molar-refractivity contribution >= 4 is 5.82 Å². The second kappa shape index (κ2) is 4.11. The fourth-order valence-electron chi connectivity index (χ4n) is 2.11. The molecule has 1 aromatic carbocycles. The Morgan fingerprint density at radius 2 is 1.95 bits per heavy atom. The summed E-state index contributed by atoms with van der Waals surface area (Å²) in [5, 5.41) is 6.39. The smallest absolute Gasteiger partial charge is 0.201 e. The van der Waals surface area contributed by atoms with E-state index in [1.54, 1.807) is 6.92 Å². The van der Waals surface area contributed by atoms with Crippen molar-refractivity contribution in [3.8, 4) is 22.6 Å². The van der Waals surface area contributed by atoms with Crippen molar-refractivity contribution in [2.75, 3.05) is 18.9 Å². The molecule has 0 bridgehead atoms. The summed E-state index contributed by atoms with van der Waals surface area (Å²) in [7, 11) is 0. The Balaban J connectivity index is 2.26. The SMILES string of the molecule is Cc1n[nH]c(N)c1-c1cc(F)c2c(c1F)OCCO2. The van der Waals surface area contributed by atoms with Crippen LogP contribution in [-0.4, -0.2) is 23.4 Å². The number of nitrogens with zero attached hydrogens (tertiary/aromatic N) is 1. The van der Waals surface area contributed by atoms with E-state index >= 15 is 0 Å². The Morgan fingerprint density at radius 3 is 2.58 bits per heavy atom. The molecule has 5 nitrogen and oxygen atoms in total. The molecule has 0 radical (unpaired) electrons. The second-order valence-electron chi connectivity index (χ2n) is 4.17. The number of nitrogens with two attached hydrogens (primary N) is 1. The van der Waals surface area contributed by atoms with Gasteiger partial charge in [-0.15, -0.1) is 0 Å². The molecule has 100 valence electrons. The minimum Gasteiger partial charge on any atom is -0.483 e. The maximum Gasteiger partial charge on any atom is 0.201 e. The van der Waals surface area contributed by atoms with Crippen LogP contribution in [0.15, 0.2) is 6.07 Å². The lowest BCUT2D eigenvalue weighted by Crippen LogP contribution is -2.18. The van der Waals surface area contributed by atoms with E-state index in [4.69, 9.17) is 15.2 Å². The summed E-state index contributed by atoms with van der Waals surface area (Å²) in [5.41, 5.74) is 6.50. The van der Waals surface area contributed by atoms with E-state index in [9.17, 15) is 8.78 Å². The number of aromatic amines is 1. The van der Waals surface area contributed by atoms with Crippen LogP contribution in [0.3, 0.4) is 0 Å². The van der Waals surface area contributed by atoms with Crippen LogP contribution in [0.25, 0.3) is 11.1 Å². The number of benzene rings is 1. The molecule has 0 unspecified atom stereocenters.